The molecule has 27 heavy (non-hydrogen) atoms. The molecule has 2 heterocycles. The molecule has 0 aliphatic rings. The molecule has 0 atom stereocenters. The molecule has 138 valence electrons. The number of methoxy groups -OCH3 is 2. The lowest BCUT2D eigenvalue weighted by atomic mass is 10.2. The van der Waals surface area contributed by atoms with Crippen molar-refractivity contribution in [3.05, 3.63) is 53.7 Å². The second kappa shape index (κ2) is 8.41. The summed E-state index contributed by atoms with van der Waals surface area (Å²) in [4.78, 5) is 16.7. The van der Waals surface area contributed by atoms with Gasteiger partial charge in [-0.1, -0.05) is 11.6 Å². The van der Waals surface area contributed by atoms with Crippen LogP contribution in [0.25, 0.3) is 11.4 Å². The van der Waals surface area contributed by atoms with Crippen LogP contribution >= 0.6 is 11.6 Å². The number of anilines is 2. The summed E-state index contributed by atoms with van der Waals surface area (Å²) in [5.41, 5.74) is 1.31. The summed E-state index contributed by atoms with van der Waals surface area (Å²) in [5.74, 6) is 0.390. The van der Waals surface area contributed by atoms with E-state index >= 15 is 0 Å². The molecule has 3 rings (SSSR count). The Morgan fingerprint density at radius 2 is 2.07 bits per heavy atom. The predicted octanol–water partition coefficient (Wildman–Crippen LogP) is 4.39. The predicted molar refractivity (Wildman–Crippen MR) is 102 cm³/mol. The minimum absolute atomic E-state index is 0.161. The van der Waals surface area contributed by atoms with Crippen LogP contribution in [0.2, 0.25) is 5.02 Å². The molecule has 0 spiro atoms. The number of pyridine rings is 1. The SMILES string of the molecule is COC=Nc1cnccc1Nc1nc(-c2cc(Cl)ccc2F)ncc1OC. The third-order valence-electron chi connectivity index (χ3n) is 3.49. The number of hydrogen-bond acceptors (Lipinski definition) is 7. The van der Waals surface area contributed by atoms with Gasteiger partial charge in [-0.25, -0.2) is 19.4 Å². The van der Waals surface area contributed by atoms with Gasteiger partial charge in [0.25, 0.3) is 0 Å². The number of benzene rings is 1. The fraction of sp³-hybridized carbons (Fsp3) is 0.111. The van der Waals surface area contributed by atoms with Crippen molar-refractivity contribution in [1.29, 1.82) is 0 Å². The largest absolute Gasteiger partial charge is 0.491 e. The molecule has 0 aliphatic carbocycles. The average Bonchev–Trinajstić information content (AvgIpc) is 2.69. The van der Waals surface area contributed by atoms with Gasteiger partial charge in [-0.05, 0) is 24.3 Å². The van der Waals surface area contributed by atoms with E-state index in [1.54, 1.807) is 18.5 Å². The highest BCUT2D eigenvalue weighted by molar-refractivity contribution is 6.30. The Hall–Kier alpha value is -3.26. The van der Waals surface area contributed by atoms with Crippen molar-refractivity contribution in [2.45, 2.75) is 0 Å². The molecule has 9 heteroatoms. The molecule has 0 saturated heterocycles. The molecule has 0 radical (unpaired) electrons. The van der Waals surface area contributed by atoms with Crippen molar-refractivity contribution in [2.24, 2.45) is 4.99 Å². The second-order valence-corrected chi connectivity index (χ2v) is 5.66. The lowest BCUT2D eigenvalue weighted by molar-refractivity contribution is 0.413. The lowest BCUT2D eigenvalue weighted by Crippen LogP contribution is -2.02. The van der Waals surface area contributed by atoms with Crippen LogP contribution in [0.15, 0.2) is 47.8 Å². The smallest absolute Gasteiger partial charge is 0.179 e. The number of hydrogen-bond donors (Lipinski definition) is 1. The standard InChI is InChI=1S/C18H15ClFN5O2/c1-26-10-23-15-8-21-6-5-14(15)24-18-16(27-2)9-22-17(25-18)12-7-11(19)3-4-13(12)20/h3-10H,1-2H3,(H,21,22,24,25). The minimum Gasteiger partial charge on any atom is -0.491 e. The number of rotatable bonds is 6. The van der Waals surface area contributed by atoms with E-state index in [0.717, 1.165) is 0 Å². The molecular formula is C18H15ClFN5O2. The Balaban J connectivity index is 2.03. The zero-order chi connectivity index (χ0) is 19.2. The summed E-state index contributed by atoms with van der Waals surface area (Å²) in [7, 11) is 2.98. The van der Waals surface area contributed by atoms with Crippen LogP contribution in [0.4, 0.5) is 21.6 Å². The van der Waals surface area contributed by atoms with Crippen LogP contribution in [-0.2, 0) is 4.74 Å². The normalized spacial score (nSPS) is 10.8. The van der Waals surface area contributed by atoms with Crippen molar-refractivity contribution in [3.63, 3.8) is 0 Å². The van der Waals surface area contributed by atoms with E-state index in [9.17, 15) is 4.39 Å². The molecule has 0 fully saturated rings. The van der Waals surface area contributed by atoms with E-state index in [4.69, 9.17) is 21.1 Å². The third-order valence-corrected chi connectivity index (χ3v) is 3.73. The van der Waals surface area contributed by atoms with Crippen LogP contribution < -0.4 is 10.1 Å². The van der Waals surface area contributed by atoms with E-state index in [1.165, 1.54) is 45.0 Å². The number of ether oxygens (including phenoxy) is 2. The first-order valence-electron chi connectivity index (χ1n) is 7.75. The van der Waals surface area contributed by atoms with Gasteiger partial charge in [0.15, 0.2) is 23.8 Å². The maximum absolute atomic E-state index is 14.2. The summed E-state index contributed by atoms with van der Waals surface area (Å²) in [6.07, 6.45) is 5.89. The van der Waals surface area contributed by atoms with Gasteiger partial charge in [-0.15, -0.1) is 0 Å². The van der Waals surface area contributed by atoms with Gasteiger partial charge in [-0.2, -0.15) is 0 Å². The van der Waals surface area contributed by atoms with E-state index in [-0.39, 0.29) is 11.4 Å². The van der Waals surface area contributed by atoms with Crippen molar-refractivity contribution < 1.29 is 13.9 Å². The molecule has 3 aromatic rings. The van der Waals surface area contributed by atoms with Crippen molar-refractivity contribution in [3.8, 4) is 17.1 Å². The molecule has 1 aromatic carbocycles. The van der Waals surface area contributed by atoms with E-state index in [1.807, 2.05) is 0 Å². The summed E-state index contributed by atoms with van der Waals surface area (Å²) in [6.45, 7) is 0. The first-order chi connectivity index (χ1) is 13.1. The van der Waals surface area contributed by atoms with Crippen molar-refractivity contribution in [2.75, 3.05) is 19.5 Å². The van der Waals surface area contributed by atoms with Crippen molar-refractivity contribution in [1.82, 2.24) is 15.0 Å². The Morgan fingerprint density at radius 1 is 1.22 bits per heavy atom. The molecule has 0 bridgehead atoms. The molecule has 2 aromatic heterocycles. The zero-order valence-corrected chi connectivity index (χ0v) is 15.2. The van der Waals surface area contributed by atoms with Gasteiger partial charge in [0.1, 0.15) is 11.5 Å². The average molecular weight is 388 g/mol. The van der Waals surface area contributed by atoms with Gasteiger partial charge in [0, 0.05) is 11.2 Å². The van der Waals surface area contributed by atoms with E-state index in [0.29, 0.717) is 28.0 Å². The highest BCUT2D eigenvalue weighted by Crippen LogP contribution is 2.32. The minimum atomic E-state index is -0.482. The topological polar surface area (TPSA) is 81.5 Å². The maximum Gasteiger partial charge on any atom is 0.179 e. The van der Waals surface area contributed by atoms with Crippen LogP contribution in [0.5, 0.6) is 5.75 Å². The summed E-state index contributed by atoms with van der Waals surface area (Å²) in [5, 5.41) is 3.48. The lowest BCUT2D eigenvalue weighted by Gasteiger charge is -2.13. The molecule has 0 saturated carbocycles. The Morgan fingerprint density at radius 3 is 2.85 bits per heavy atom. The summed E-state index contributed by atoms with van der Waals surface area (Å²) in [6, 6.07) is 5.89. The highest BCUT2D eigenvalue weighted by atomic mass is 35.5. The summed E-state index contributed by atoms with van der Waals surface area (Å²) >= 11 is 5.97. The second-order valence-electron chi connectivity index (χ2n) is 5.22. The summed E-state index contributed by atoms with van der Waals surface area (Å²) < 4.78 is 24.3. The Kier molecular flexibility index (Phi) is 5.77. The monoisotopic (exact) mass is 387 g/mol. The van der Waals surface area contributed by atoms with Gasteiger partial charge in [0.2, 0.25) is 0 Å². The van der Waals surface area contributed by atoms with Gasteiger partial charge >= 0.3 is 0 Å². The van der Waals surface area contributed by atoms with Gasteiger partial charge in [0.05, 0.1) is 37.9 Å². The highest BCUT2D eigenvalue weighted by Gasteiger charge is 2.14. The number of aliphatic imine (C=N–C) groups is 1. The fourth-order valence-electron chi connectivity index (χ4n) is 2.24. The quantitative estimate of drug-likeness (QED) is 0.499. The van der Waals surface area contributed by atoms with E-state index < -0.39 is 5.82 Å². The third kappa shape index (κ3) is 4.29. The Labute approximate surface area is 159 Å². The first-order valence-corrected chi connectivity index (χ1v) is 8.13. The number of nitrogens with one attached hydrogen (secondary N) is 1. The van der Waals surface area contributed by atoms with Crippen LogP contribution in [0, 0.1) is 5.82 Å². The van der Waals surface area contributed by atoms with Crippen molar-refractivity contribution >= 4 is 35.2 Å². The maximum atomic E-state index is 14.2. The van der Waals surface area contributed by atoms with Crippen LogP contribution in [0.3, 0.4) is 0 Å². The van der Waals surface area contributed by atoms with Crippen LogP contribution in [-0.4, -0.2) is 35.6 Å². The number of nitrogens with zero attached hydrogens (tertiary/aromatic N) is 4. The first kappa shape index (κ1) is 18.5. The van der Waals surface area contributed by atoms with Crippen LogP contribution in [0.1, 0.15) is 0 Å². The molecule has 7 nitrogen and oxygen atoms in total. The molecule has 1 N–H and O–H groups in total. The van der Waals surface area contributed by atoms with Gasteiger partial charge < -0.3 is 14.8 Å². The number of halogens is 2. The Bertz CT molecular complexity index is 984. The van der Waals surface area contributed by atoms with E-state index in [2.05, 4.69) is 25.3 Å². The molecular weight excluding hydrogens is 373 g/mol. The number of aromatic nitrogens is 3. The zero-order valence-electron chi connectivity index (χ0n) is 14.5. The fourth-order valence-corrected chi connectivity index (χ4v) is 2.41. The van der Waals surface area contributed by atoms with Gasteiger partial charge in [-0.3, -0.25) is 4.98 Å². The molecule has 0 aliphatic heterocycles. The molecule has 0 unspecified atom stereocenters. The molecule has 0 amide bonds.